The fourth-order valence-electron chi connectivity index (χ4n) is 1.61. The number of rotatable bonds is 4. The highest BCUT2D eigenvalue weighted by atomic mass is 79.9. The van der Waals surface area contributed by atoms with Crippen molar-refractivity contribution in [3.05, 3.63) is 51.8 Å². The van der Waals surface area contributed by atoms with Crippen LogP contribution in [0.1, 0.15) is 34.6 Å². The third-order valence-corrected chi connectivity index (χ3v) is 3.07. The molecule has 0 saturated carbocycles. The molecular weight excluding hydrogens is 314 g/mol. The Balaban J connectivity index is 2.29. The quantitative estimate of drug-likeness (QED) is 0.875. The zero-order chi connectivity index (χ0) is 13.8. The molecule has 0 bridgehead atoms. The predicted octanol–water partition coefficient (Wildman–Crippen LogP) is 2.70. The molecular formula is C13H12BrNO4. The maximum absolute atomic E-state index is 11.7. The molecule has 0 radical (unpaired) electrons. The Kier molecular flexibility index (Phi) is 4.34. The highest BCUT2D eigenvalue weighted by molar-refractivity contribution is 9.10. The van der Waals surface area contributed by atoms with E-state index >= 15 is 0 Å². The summed E-state index contributed by atoms with van der Waals surface area (Å²) in [5.41, 5.74) is 0.903. The Morgan fingerprint density at radius 1 is 1.47 bits per heavy atom. The largest absolute Gasteiger partial charge is 0.462 e. The number of nitrogens with zero attached hydrogens (tertiary/aromatic N) is 1. The number of hydrogen-bond donors (Lipinski definition) is 1. The van der Waals surface area contributed by atoms with Crippen molar-refractivity contribution >= 4 is 21.9 Å². The summed E-state index contributed by atoms with van der Waals surface area (Å²) < 4.78 is 10.5. The number of halogens is 1. The van der Waals surface area contributed by atoms with Crippen LogP contribution in [0.15, 0.2) is 39.5 Å². The molecule has 100 valence electrons. The van der Waals surface area contributed by atoms with Gasteiger partial charge < -0.3 is 14.4 Å². The first-order valence-electron chi connectivity index (χ1n) is 5.68. The molecule has 0 fully saturated rings. The van der Waals surface area contributed by atoms with Crippen LogP contribution >= 0.6 is 15.9 Å². The van der Waals surface area contributed by atoms with Gasteiger partial charge in [-0.2, -0.15) is 0 Å². The van der Waals surface area contributed by atoms with Crippen molar-refractivity contribution in [1.29, 1.82) is 0 Å². The lowest BCUT2D eigenvalue weighted by molar-refractivity contribution is 0.0520. The summed E-state index contributed by atoms with van der Waals surface area (Å²) in [5.74, 6) is -0.560. The molecule has 2 rings (SSSR count). The number of carbonyl (C=O) groups is 1. The Labute approximate surface area is 118 Å². The summed E-state index contributed by atoms with van der Waals surface area (Å²) in [4.78, 5) is 11.7. The lowest BCUT2D eigenvalue weighted by Crippen LogP contribution is -2.10. The first-order valence-corrected chi connectivity index (χ1v) is 6.47. The molecule has 1 N–H and O–H groups in total. The van der Waals surface area contributed by atoms with Gasteiger partial charge in [-0.05, 0) is 24.6 Å². The van der Waals surface area contributed by atoms with Crippen LogP contribution in [0.25, 0.3) is 0 Å². The van der Waals surface area contributed by atoms with Crippen molar-refractivity contribution in [2.45, 2.75) is 13.0 Å². The first kappa shape index (κ1) is 13.8. The molecule has 0 spiro atoms. The van der Waals surface area contributed by atoms with Gasteiger partial charge in [0.1, 0.15) is 23.6 Å². The van der Waals surface area contributed by atoms with Gasteiger partial charge in [-0.3, -0.25) is 0 Å². The monoisotopic (exact) mass is 325 g/mol. The molecule has 0 aliphatic carbocycles. The number of hydrogen-bond acceptors (Lipinski definition) is 5. The highest BCUT2D eigenvalue weighted by Crippen LogP contribution is 2.25. The molecule has 5 nitrogen and oxygen atoms in total. The Bertz CT molecular complexity index is 564. The predicted molar refractivity (Wildman–Crippen MR) is 70.7 cm³/mol. The number of ether oxygens (including phenoxy) is 1. The number of esters is 1. The summed E-state index contributed by atoms with van der Waals surface area (Å²) in [7, 11) is 0. The minimum absolute atomic E-state index is 0.136. The zero-order valence-corrected chi connectivity index (χ0v) is 11.8. The SMILES string of the molecule is CCOC(=O)c1conc1C(O)c1ccc(Br)cc1. The smallest absolute Gasteiger partial charge is 0.343 e. The second kappa shape index (κ2) is 5.99. The van der Waals surface area contributed by atoms with E-state index in [-0.39, 0.29) is 17.9 Å². The van der Waals surface area contributed by atoms with Gasteiger partial charge >= 0.3 is 5.97 Å². The molecule has 19 heavy (non-hydrogen) atoms. The van der Waals surface area contributed by atoms with E-state index in [1.165, 1.54) is 6.26 Å². The van der Waals surface area contributed by atoms with Crippen LogP contribution in [0.5, 0.6) is 0 Å². The van der Waals surface area contributed by atoms with Gasteiger partial charge in [-0.15, -0.1) is 0 Å². The minimum atomic E-state index is -1.04. The van der Waals surface area contributed by atoms with Crippen LogP contribution in [0.3, 0.4) is 0 Å². The van der Waals surface area contributed by atoms with E-state index in [0.29, 0.717) is 5.56 Å². The maximum atomic E-state index is 11.7. The van der Waals surface area contributed by atoms with Gasteiger partial charge in [0.05, 0.1) is 6.61 Å². The van der Waals surface area contributed by atoms with Gasteiger partial charge in [0.25, 0.3) is 0 Å². The van der Waals surface area contributed by atoms with Crippen LogP contribution in [-0.2, 0) is 4.74 Å². The van der Waals surface area contributed by atoms with Gasteiger partial charge in [-0.25, -0.2) is 4.79 Å². The molecule has 1 aromatic heterocycles. The summed E-state index contributed by atoms with van der Waals surface area (Å²) in [6.45, 7) is 1.95. The normalized spacial score (nSPS) is 12.2. The van der Waals surface area contributed by atoms with Crippen molar-refractivity contribution in [2.75, 3.05) is 6.61 Å². The summed E-state index contributed by atoms with van der Waals surface area (Å²) in [5, 5.41) is 13.9. The van der Waals surface area contributed by atoms with E-state index in [2.05, 4.69) is 21.1 Å². The lowest BCUT2D eigenvalue weighted by Gasteiger charge is -2.09. The average Bonchev–Trinajstić information content (AvgIpc) is 2.88. The highest BCUT2D eigenvalue weighted by Gasteiger charge is 2.24. The topological polar surface area (TPSA) is 72.6 Å². The van der Waals surface area contributed by atoms with E-state index in [1.807, 2.05) is 0 Å². The van der Waals surface area contributed by atoms with E-state index in [9.17, 15) is 9.90 Å². The Morgan fingerprint density at radius 2 is 2.16 bits per heavy atom. The number of aliphatic hydroxyl groups excluding tert-OH is 1. The second-order valence-corrected chi connectivity index (χ2v) is 4.70. The molecule has 2 aromatic rings. The summed E-state index contributed by atoms with van der Waals surface area (Å²) in [6, 6.07) is 7.06. The lowest BCUT2D eigenvalue weighted by atomic mass is 10.0. The average molecular weight is 326 g/mol. The maximum Gasteiger partial charge on any atom is 0.343 e. The van der Waals surface area contributed by atoms with Crippen LogP contribution in [-0.4, -0.2) is 22.8 Å². The standard InChI is InChI=1S/C13H12BrNO4/c1-2-18-13(17)10-7-19-15-11(10)12(16)8-3-5-9(14)6-4-8/h3-7,12,16H,2H2,1H3. The van der Waals surface area contributed by atoms with Crippen molar-refractivity contribution in [1.82, 2.24) is 5.16 Å². The zero-order valence-electron chi connectivity index (χ0n) is 10.2. The number of aliphatic hydroxyl groups is 1. The Morgan fingerprint density at radius 3 is 2.79 bits per heavy atom. The summed E-state index contributed by atoms with van der Waals surface area (Å²) >= 11 is 3.31. The third-order valence-electron chi connectivity index (χ3n) is 2.54. The van der Waals surface area contributed by atoms with Gasteiger partial charge in [0.15, 0.2) is 0 Å². The van der Waals surface area contributed by atoms with Crippen molar-refractivity contribution < 1.29 is 19.2 Å². The second-order valence-electron chi connectivity index (χ2n) is 3.79. The number of carbonyl (C=O) groups excluding carboxylic acids is 1. The van der Waals surface area contributed by atoms with Crippen LogP contribution in [0.4, 0.5) is 0 Å². The fraction of sp³-hybridized carbons (Fsp3) is 0.231. The van der Waals surface area contributed by atoms with E-state index in [4.69, 9.17) is 9.26 Å². The van der Waals surface area contributed by atoms with Crippen LogP contribution < -0.4 is 0 Å². The molecule has 1 atom stereocenters. The molecule has 1 unspecified atom stereocenters. The number of benzene rings is 1. The van der Waals surface area contributed by atoms with Crippen LogP contribution in [0, 0.1) is 0 Å². The van der Waals surface area contributed by atoms with E-state index in [1.54, 1.807) is 31.2 Å². The molecule has 1 heterocycles. The molecule has 0 aliphatic rings. The number of aromatic nitrogens is 1. The van der Waals surface area contributed by atoms with Crippen molar-refractivity contribution in [3.8, 4) is 0 Å². The Hall–Kier alpha value is -1.66. The third kappa shape index (κ3) is 3.02. The molecule has 0 amide bonds. The first-order chi connectivity index (χ1) is 9.13. The molecule has 1 aromatic carbocycles. The van der Waals surface area contributed by atoms with Gasteiger partial charge in [0, 0.05) is 4.47 Å². The molecule has 6 heteroatoms. The van der Waals surface area contributed by atoms with Crippen molar-refractivity contribution in [2.24, 2.45) is 0 Å². The summed E-state index contributed by atoms with van der Waals surface area (Å²) in [6.07, 6.45) is 0.140. The molecule has 0 saturated heterocycles. The van der Waals surface area contributed by atoms with E-state index in [0.717, 1.165) is 4.47 Å². The fourth-order valence-corrected chi connectivity index (χ4v) is 1.87. The van der Waals surface area contributed by atoms with Gasteiger partial charge in [-0.1, -0.05) is 33.2 Å². The molecule has 0 aliphatic heterocycles. The van der Waals surface area contributed by atoms with Crippen molar-refractivity contribution in [3.63, 3.8) is 0 Å². The minimum Gasteiger partial charge on any atom is -0.462 e. The van der Waals surface area contributed by atoms with Gasteiger partial charge in [0.2, 0.25) is 0 Å². The van der Waals surface area contributed by atoms with Crippen LogP contribution in [0.2, 0.25) is 0 Å². The van der Waals surface area contributed by atoms with E-state index < -0.39 is 12.1 Å².